The molecule has 4 heteroatoms. The van der Waals surface area contributed by atoms with Gasteiger partial charge >= 0.3 is 0 Å². The van der Waals surface area contributed by atoms with Gasteiger partial charge in [-0.25, -0.2) is 13.2 Å². The van der Waals surface area contributed by atoms with Crippen molar-refractivity contribution >= 4 is 0 Å². The van der Waals surface area contributed by atoms with Gasteiger partial charge in [-0.15, -0.1) is 0 Å². The van der Waals surface area contributed by atoms with Crippen LogP contribution >= 0.6 is 0 Å². The third-order valence-electron chi connectivity index (χ3n) is 3.93. The SMILES string of the molecule is CCCNC(CC1=CCCCC1)c1ccc(F)c(F)c1F. The molecule has 0 spiro atoms. The highest BCUT2D eigenvalue weighted by atomic mass is 19.2. The number of allylic oxidation sites excluding steroid dienone is 1. The Labute approximate surface area is 124 Å². The summed E-state index contributed by atoms with van der Waals surface area (Å²) in [6, 6.07) is 2.05. The molecule has 0 aliphatic heterocycles. The summed E-state index contributed by atoms with van der Waals surface area (Å²) in [7, 11) is 0. The van der Waals surface area contributed by atoms with Crippen molar-refractivity contribution in [2.75, 3.05) is 6.54 Å². The Morgan fingerprint density at radius 2 is 1.95 bits per heavy atom. The molecule has 0 heterocycles. The van der Waals surface area contributed by atoms with Crippen molar-refractivity contribution in [1.82, 2.24) is 5.32 Å². The van der Waals surface area contributed by atoms with Crippen LogP contribution in [0.3, 0.4) is 0 Å². The zero-order valence-electron chi connectivity index (χ0n) is 12.4. The van der Waals surface area contributed by atoms with Gasteiger partial charge in [-0.3, -0.25) is 0 Å². The van der Waals surface area contributed by atoms with Gasteiger partial charge in [0.05, 0.1) is 0 Å². The first-order valence-electron chi connectivity index (χ1n) is 7.68. The number of halogens is 3. The Hall–Kier alpha value is -1.29. The van der Waals surface area contributed by atoms with Gasteiger partial charge in [-0.2, -0.15) is 0 Å². The second kappa shape index (κ2) is 7.64. The number of hydrogen-bond donors (Lipinski definition) is 1. The van der Waals surface area contributed by atoms with Crippen LogP contribution in [0.25, 0.3) is 0 Å². The summed E-state index contributed by atoms with van der Waals surface area (Å²) in [5.41, 5.74) is 1.49. The minimum absolute atomic E-state index is 0.217. The topological polar surface area (TPSA) is 12.0 Å². The van der Waals surface area contributed by atoms with Crippen LogP contribution in [0.5, 0.6) is 0 Å². The molecule has 0 radical (unpaired) electrons. The van der Waals surface area contributed by atoms with E-state index in [9.17, 15) is 13.2 Å². The smallest absolute Gasteiger partial charge is 0.194 e. The van der Waals surface area contributed by atoms with Crippen molar-refractivity contribution in [3.63, 3.8) is 0 Å². The maximum Gasteiger partial charge on any atom is 0.194 e. The fourth-order valence-electron chi connectivity index (χ4n) is 2.77. The van der Waals surface area contributed by atoms with E-state index in [1.54, 1.807) is 0 Å². The molecule has 1 aliphatic carbocycles. The lowest BCUT2D eigenvalue weighted by Gasteiger charge is -2.23. The van der Waals surface area contributed by atoms with Gasteiger partial charge in [0.2, 0.25) is 0 Å². The van der Waals surface area contributed by atoms with Crippen LogP contribution < -0.4 is 5.32 Å². The molecule has 0 amide bonds. The van der Waals surface area contributed by atoms with Crippen LogP contribution in [-0.4, -0.2) is 6.54 Å². The van der Waals surface area contributed by atoms with Crippen molar-refractivity contribution in [2.45, 2.75) is 51.5 Å². The molecule has 21 heavy (non-hydrogen) atoms. The number of rotatable bonds is 6. The second-order valence-electron chi connectivity index (χ2n) is 5.58. The predicted molar refractivity (Wildman–Crippen MR) is 78.5 cm³/mol. The predicted octanol–water partition coefficient (Wildman–Crippen LogP) is 5.04. The number of benzene rings is 1. The van der Waals surface area contributed by atoms with Crippen molar-refractivity contribution < 1.29 is 13.2 Å². The normalized spacial score (nSPS) is 16.7. The summed E-state index contributed by atoms with van der Waals surface area (Å²) >= 11 is 0. The second-order valence-corrected chi connectivity index (χ2v) is 5.58. The molecule has 1 atom stereocenters. The molecule has 116 valence electrons. The average molecular weight is 297 g/mol. The summed E-state index contributed by atoms with van der Waals surface area (Å²) in [6.45, 7) is 2.74. The molecule has 1 nitrogen and oxygen atoms in total. The van der Waals surface area contributed by atoms with Gasteiger partial charge in [0, 0.05) is 11.6 Å². The van der Waals surface area contributed by atoms with Crippen molar-refractivity contribution in [1.29, 1.82) is 0 Å². The minimum Gasteiger partial charge on any atom is -0.310 e. The van der Waals surface area contributed by atoms with Crippen LogP contribution in [0.4, 0.5) is 13.2 Å². The van der Waals surface area contributed by atoms with Crippen LogP contribution in [0.2, 0.25) is 0 Å². The minimum atomic E-state index is -1.38. The fraction of sp³-hybridized carbons (Fsp3) is 0.529. The zero-order chi connectivity index (χ0) is 15.2. The van der Waals surface area contributed by atoms with Crippen LogP contribution in [-0.2, 0) is 0 Å². The van der Waals surface area contributed by atoms with Crippen molar-refractivity contribution in [3.05, 3.63) is 46.8 Å². The van der Waals surface area contributed by atoms with Crippen molar-refractivity contribution in [2.24, 2.45) is 0 Å². The van der Waals surface area contributed by atoms with E-state index in [-0.39, 0.29) is 11.6 Å². The van der Waals surface area contributed by atoms with Gasteiger partial charge in [-0.05, 0) is 51.1 Å². The van der Waals surface area contributed by atoms with E-state index >= 15 is 0 Å². The fourth-order valence-corrected chi connectivity index (χ4v) is 2.77. The Kier molecular flexibility index (Phi) is 5.85. The summed E-state index contributed by atoms with van der Waals surface area (Å²) in [6.07, 6.45) is 8.15. The summed E-state index contributed by atoms with van der Waals surface area (Å²) in [4.78, 5) is 0. The average Bonchev–Trinajstić information content (AvgIpc) is 2.51. The molecule has 1 aliphatic rings. The van der Waals surface area contributed by atoms with Crippen molar-refractivity contribution in [3.8, 4) is 0 Å². The van der Waals surface area contributed by atoms with E-state index in [4.69, 9.17) is 0 Å². The molecule has 1 unspecified atom stereocenters. The third-order valence-corrected chi connectivity index (χ3v) is 3.93. The first-order chi connectivity index (χ1) is 10.1. The molecular weight excluding hydrogens is 275 g/mol. The lowest BCUT2D eigenvalue weighted by Crippen LogP contribution is -2.24. The lowest BCUT2D eigenvalue weighted by atomic mass is 9.91. The molecule has 2 rings (SSSR count). The Morgan fingerprint density at radius 1 is 1.14 bits per heavy atom. The summed E-state index contributed by atoms with van der Waals surface area (Å²) in [5.74, 6) is -3.59. The molecule has 0 bridgehead atoms. The van der Waals surface area contributed by atoms with Crippen LogP contribution in [0.1, 0.15) is 57.1 Å². The van der Waals surface area contributed by atoms with E-state index in [0.29, 0.717) is 6.42 Å². The Balaban J connectivity index is 2.22. The highest BCUT2D eigenvalue weighted by molar-refractivity contribution is 5.25. The standard InChI is InChI=1S/C17H22F3N/c1-2-10-21-15(11-12-6-4-3-5-7-12)13-8-9-14(18)17(20)16(13)19/h6,8-9,15,21H,2-5,7,10-11H2,1H3. The number of hydrogen-bond acceptors (Lipinski definition) is 1. The monoisotopic (exact) mass is 297 g/mol. The van der Waals surface area contributed by atoms with E-state index < -0.39 is 17.5 Å². The first kappa shape index (κ1) is 16.1. The van der Waals surface area contributed by atoms with Gasteiger partial charge < -0.3 is 5.32 Å². The van der Waals surface area contributed by atoms with E-state index in [1.165, 1.54) is 18.1 Å². The maximum atomic E-state index is 14.0. The van der Waals surface area contributed by atoms with Gasteiger partial charge in [-0.1, -0.05) is 24.6 Å². The third kappa shape index (κ3) is 4.10. The van der Waals surface area contributed by atoms with Crippen LogP contribution in [0, 0.1) is 17.5 Å². The zero-order valence-corrected chi connectivity index (χ0v) is 12.4. The molecule has 0 saturated heterocycles. The van der Waals surface area contributed by atoms with E-state index in [2.05, 4.69) is 11.4 Å². The molecule has 1 aromatic carbocycles. The molecule has 1 aromatic rings. The Bertz CT molecular complexity index is 511. The summed E-state index contributed by atoms with van der Waals surface area (Å²) < 4.78 is 40.6. The highest BCUT2D eigenvalue weighted by Gasteiger charge is 2.21. The quantitative estimate of drug-likeness (QED) is 0.573. The van der Waals surface area contributed by atoms with E-state index in [0.717, 1.165) is 38.3 Å². The molecule has 0 aromatic heterocycles. The molecule has 0 saturated carbocycles. The molecular formula is C17H22F3N. The lowest BCUT2D eigenvalue weighted by molar-refractivity contribution is 0.421. The maximum absolute atomic E-state index is 14.0. The first-order valence-corrected chi connectivity index (χ1v) is 7.68. The van der Waals surface area contributed by atoms with Gasteiger partial charge in [0.25, 0.3) is 0 Å². The molecule has 0 fully saturated rings. The number of nitrogens with one attached hydrogen (secondary N) is 1. The van der Waals surface area contributed by atoms with Gasteiger partial charge in [0.15, 0.2) is 17.5 Å². The molecule has 1 N–H and O–H groups in total. The Morgan fingerprint density at radius 3 is 2.62 bits per heavy atom. The van der Waals surface area contributed by atoms with Gasteiger partial charge in [0.1, 0.15) is 0 Å². The van der Waals surface area contributed by atoms with E-state index in [1.807, 2.05) is 6.92 Å². The largest absolute Gasteiger partial charge is 0.310 e. The van der Waals surface area contributed by atoms with Crippen LogP contribution in [0.15, 0.2) is 23.8 Å². The summed E-state index contributed by atoms with van der Waals surface area (Å²) in [5, 5.41) is 3.25. The highest BCUT2D eigenvalue weighted by Crippen LogP contribution is 2.30.